The third-order valence-corrected chi connectivity index (χ3v) is 10.1. The van der Waals surface area contributed by atoms with Crippen molar-refractivity contribution in [2.24, 2.45) is 29.4 Å². The molecule has 0 aromatic heterocycles. The van der Waals surface area contributed by atoms with Gasteiger partial charge in [0, 0.05) is 42.3 Å². The first kappa shape index (κ1) is 27.7. The minimum Gasteiger partial charge on any atom is -0.508 e. The Morgan fingerprint density at radius 1 is 1.17 bits per heavy atom. The lowest BCUT2D eigenvalue weighted by atomic mass is 9.57. The number of aliphatic hydroxyl groups is 3. The van der Waals surface area contributed by atoms with E-state index in [4.69, 9.17) is 10.5 Å². The normalized spacial score (nSPS) is 33.1. The second-order valence-electron chi connectivity index (χ2n) is 12.5. The highest BCUT2D eigenvalue weighted by atomic mass is 16.5. The number of hydrogen-bond acceptors (Lipinski definition) is 10. The molecule has 41 heavy (non-hydrogen) atoms. The Bertz CT molecular complexity index is 1420. The van der Waals surface area contributed by atoms with Crippen molar-refractivity contribution in [1.82, 2.24) is 9.80 Å². The Balaban J connectivity index is 1.44. The van der Waals surface area contributed by atoms with E-state index in [1.54, 1.807) is 20.2 Å². The van der Waals surface area contributed by atoms with Crippen molar-refractivity contribution in [2.75, 3.05) is 34.3 Å². The molecule has 3 fully saturated rings. The van der Waals surface area contributed by atoms with Crippen molar-refractivity contribution in [1.29, 1.82) is 0 Å². The Labute approximate surface area is 237 Å². The number of likely N-dealkylation sites (tertiary alicyclic amines) is 1. The minimum atomic E-state index is -2.65. The van der Waals surface area contributed by atoms with Crippen LogP contribution in [0.25, 0.3) is 5.76 Å². The molecule has 220 valence electrons. The number of amides is 1. The molecular formula is C30H37N3O8. The van der Waals surface area contributed by atoms with Gasteiger partial charge < -0.3 is 30.9 Å². The second kappa shape index (κ2) is 9.57. The summed E-state index contributed by atoms with van der Waals surface area (Å²) in [5.41, 5.74) is 3.10. The maximum atomic E-state index is 14.0. The summed E-state index contributed by atoms with van der Waals surface area (Å²) < 4.78 is 5.85. The Morgan fingerprint density at radius 3 is 2.41 bits per heavy atom. The number of ether oxygens (including phenoxy) is 1. The van der Waals surface area contributed by atoms with E-state index >= 15 is 0 Å². The smallest absolute Gasteiger partial charge is 0.255 e. The lowest BCUT2D eigenvalue weighted by Crippen LogP contribution is -2.65. The molecule has 2 unspecified atom stereocenters. The monoisotopic (exact) mass is 567 g/mol. The van der Waals surface area contributed by atoms with Gasteiger partial charge in [0.15, 0.2) is 11.4 Å². The van der Waals surface area contributed by atoms with Crippen LogP contribution in [0.5, 0.6) is 11.5 Å². The van der Waals surface area contributed by atoms with Crippen LogP contribution in [0.4, 0.5) is 0 Å². The third kappa shape index (κ3) is 3.85. The third-order valence-electron chi connectivity index (χ3n) is 10.1. The van der Waals surface area contributed by atoms with E-state index < -0.39 is 58.0 Å². The lowest BCUT2D eigenvalue weighted by Gasteiger charge is -2.50. The first-order chi connectivity index (χ1) is 19.4. The Morgan fingerprint density at radius 2 is 1.83 bits per heavy atom. The van der Waals surface area contributed by atoms with Crippen molar-refractivity contribution in [2.45, 2.75) is 50.3 Å². The van der Waals surface area contributed by atoms with E-state index in [1.165, 1.54) is 31.3 Å². The summed E-state index contributed by atoms with van der Waals surface area (Å²) in [7, 11) is 4.69. The SMILES string of the molecule is COc1c(CN2CC3CCCC3C2)cc(O)c2c1C[C@H]1C[C@H]3[C@H](N(C)C)C(=O)C(C(N)=O)=C(O)[C@@]3(O)C(=O)C1=C2O. The van der Waals surface area contributed by atoms with E-state index in [0.717, 1.165) is 18.7 Å². The van der Waals surface area contributed by atoms with Crippen LogP contribution < -0.4 is 10.5 Å². The van der Waals surface area contributed by atoms with Crippen LogP contribution in [-0.2, 0) is 27.3 Å². The number of aromatic hydroxyl groups is 1. The number of hydrogen-bond donors (Lipinski definition) is 5. The molecule has 6 N–H and O–H groups in total. The zero-order chi connectivity index (χ0) is 29.5. The fourth-order valence-electron chi connectivity index (χ4n) is 8.43. The van der Waals surface area contributed by atoms with Crippen molar-refractivity contribution in [3.63, 3.8) is 0 Å². The zero-order valence-corrected chi connectivity index (χ0v) is 23.5. The Kier molecular flexibility index (Phi) is 6.48. The molecule has 6 atom stereocenters. The highest BCUT2D eigenvalue weighted by Gasteiger charge is 2.64. The number of primary amides is 1. The first-order valence-corrected chi connectivity index (χ1v) is 14.2. The molecule has 2 saturated carbocycles. The van der Waals surface area contributed by atoms with Gasteiger partial charge in [-0.15, -0.1) is 0 Å². The molecule has 0 spiro atoms. The van der Waals surface area contributed by atoms with Crippen LogP contribution >= 0.6 is 0 Å². The molecule has 1 saturated heterocycles. The fraction of sp³-hybridized carbons (Fsp3) is 0.567. The summed E-state index contributed by atoms with van der Waals surface area (Å²) in [6, 6.07) is 0.432. The topological polar surface area (TPSA) is 174 Å². The summed E-state index contributed by atoms with van der Waals surface area (Å²) in [4.78, 5) is 43.2. The average molecular weight is 568 g/mol. The maximum absolute atomic E-state index is 14.0. The number of rotatable bonds is 5. The number of phenols is 1. The van der Waals surface area contributed by atoms with E-state index in [2.05, 4.69) is 4.90 Å². The molecule has 6 rings (SSSR count). The van der Waals surface area contributed by atoms with E-state index in [0.29, 0.717) is 29.7 Å². The lowest BCUT2D eigenvalue weighted by molar-refractivity contribution is -0.153. The number of nitrogens with two attached hydrogens (primary N) is 1. The van der Waals surface area contributed by atoms with Crippen LogP contribution in [0.15, 0.2) is 23.0 Å². The van der Waals surface area contributed by atoms with Crippen LogP contribution in [-0.4, -0.2) is 93.6 Å². The standard InChI is InChI=1S/C30H37N3O8/c1-32(2)23-18-8-15-7-17-21(24(35)20(15)27(37)30(18,40)28(38)22(25(23)36)29(31)39)19(34)9-16(26(17)41-3)12-33-10-13-5-4-6-14(13)11-33/h9,13-15,18,23,34-35,38,40H,4-8,10-12H2,1-3H3,(H2,31,39)/t13?,14?,15-,18-,23-,30-/m0/s1. The number of likely N-dealkylation sites (N-methyl/N-ethyl adjacent to an activating group) is 1. The van der Waals surface area contributed by atoms with Gasteiger partial charge in [0.1, 0.15) is 28.6 Å². The molecule has 0 bridgehead atoms. The van der Waals surface area contributed by atoms with Crippen LogP contribution in [0, 0.1) is 23.7 Å². The number of carbonyl (C=O) groups excluding carboxylic acids is 3. The van der Waals surface area contributed by atoms with Crippen molar-refractivity contribution < 1.29 is 39.5 Å². The number of carbonyl (C=O) groups is 3. The second-order valence-corrected chi connectivity index (χ2v) is 12.5. The van der Waals surface area contributed by atoms with E-state index in [-0.39, 0.29) is 29.7 Å². The van der Waals surface area contributed by atoms with Crippen LogP contribution in [0.3, 0.4) is 0 Å². The van der Waals surface area contributed by atoms with Crippen LogP contribution in [0.2, 0.25) is 0 Å². The van der Waals surface area contributed by atoms with Gasteiger partial charge in [0.25, 0.3) is 5.91 Å². The molecule has 11 heteroatoms. The first-order valence-electron chi connectivity index (χ1n) is 14.2. The maximum Gasteiger partial charge on any atom is 0.255 e. The largest absolute Gasteiger partial charge is 0.508 e. The highest BCUT2D eigenvalue weighted by Crippen LogP contribution is 2.54. The molecule has 1 amide bonds. The summed E-state index contributed by atoms with van der Waals surface area (Å²) in [6.45, 7) is 2.55. The van der Waals surface area contributed by atoms with Crippen molar-refractivity contribution in [3.8, 4) is 11.5 Å². The molecule has 11 nitrogen and oxygen atoms in total. The quantitative estimate of drug-likeness (QED) is 0.325. The molecular weight excluding hydrogens is 530 g/mol. The van der Waals surface area contributed by atoms with Gasteiger partial charge in [-0.2, -0.15) is 0 Å². The van der Waals surface area contributed by atoms with Crippen molar-refractivity contribution in [3.05, 3.63) is 39.7 Å². The summed E-state index contributed by atoms with van der Waals surface area (Å²) in [5.74, 6) is -4.74. The van der Waals surface area contributed by atoms with E-state index in [1.807, 2.05) is 0 Å². The molecule has 1 aromatic rings. The minimum absolute atomic E-state index is 0.0371. The number of ketones is 2. The summed E-state index contributed by atoms with van der Waals surface area (Å²) in [5, 5.41) is 45.3. The number of methoxy groups -OCH3 is 1. The molecule has 4 aliphatic carbocycles. The molecule has 1 heterocycles. The van der Waals surface area contributed by atoms with Gasteiger partial charge >= 0.3 is 0 Å². The number of phenolic OH excluding ortho intramolecular Hbond substituents is 1. The summed E-state index contributed by atoms with van der Waals surface area (Å²) >= 11 is 0. The number of nitrogens with zero attached hydrogens (tertiary/aromatic N) is 2. The van der Waals surface area contributed by atoms with Crippen LogP contribution in [0.1, 0.15) is 42.4 Å². The fourth-order valence-corrected chi connectivity index (χ4v) is 8.43. The Hall–Kier alpha value is -3.41. The molecule has 5 aliphatic rings. The molecule has 1 aromatic carbocycles. The molecule has 1 aliphatic heterocycles. The van der Waals surface area contributed by atoms with Gasteiger partial charge in [-0.25, -0.2) is 0 Å². The number of fused-ring (bicyclic) bond motifs is 4. The van der Waals surface area contributed by atoms with Gasteiger partial charge in [-0.05, 0) is 63.6 Å². The number of aliphatic hydroxyl groups excluding tert-OH is 2. The zero-order valence-electron chi connectivity index (χ0n) is 23.5. The van der Waals surface area contributed by atoms with Gasteiger partial charge in [-0.3, -0.25) is 24.2 Å². The van der Waals surface area contributed by atoms with Gasteiger partial charge in [0.05, 0.1) is 18.7 Å². The number of benzene rings is 1. The predicted molar refractivity (Wildman–Crippen MR) is 147 cm³/mol. The van der Waals surface area contributed by atoms with E-state index in [9.17, 15) is 34.8 Å². The highest BCUT2D eigenvalue weighted by molar-refractivity contribution is 6.24. The van der Waals surface area contributed by atoms with Crippen molar-refractivity contribution >= 4 is 23.2 Å². The average Bonchev–Trinajstić information content (AvgIpc) is 3.48. The number of Topliss-reactive ketones (excluding diaryl/α,β-unsaturated/α-hetero) is 2. The predicted octanol–water partition coefficient (Wildman–Crippen LogP) is 1.20. The summed E-state index contributed by atoms with van der Waals surface area (Å²) in [6.07, 6.45) is 3.98. The molecule has 0 radical (unpaired) electrons. The van der Waals surface area contributed by atoms with Gasteiger partial charge in [-0.1, -0.05) is 6.42 Å². The van der Waals surface area contributed by atoms with Gasteiger partial charge in [0.2, 0.25) is 5.78 Å².